The topological polar surface area (TPSA) is 63.5 Å². The van der Waals surface area contributed by atoms with Gasteiger partial charge in [0.25, 0.3) is 0 Å². The third kappa shape index (κ3) is 7.00. The molecule has 1 aliphatic rings. The Morgan fingerprint density at radius 1 is 1.21 bits per heavy atom. The number of aliphatic imine (C=N–C) groups is 1. The lowest BCUT2D eigenvalue weighted by atomic mass is 9.98. The molecule has 6 heteroatoms. The van der Waals surface area contributed by atoms with Crippen LogP contribution in [0.15, 0.2) is 48.0 Å². The van der Waals surface area contributed by atoms with Gasteiger partial charge in [-0.1, -0.05) is 43.5 Å². The summed E-state index contributed by atoms with van der Waals surface area (Å²) in [7, 11) is 1.81. The van der Waals surface area contributed by atoms with Crippen molar-refractivity contribution >= 4 is 5.96 Å². The van der Waals surface area contributed by atoms with Crippen LogP contribution in [0.4, 0.5) is 0 Å². The largest absolute Gasteiger partial charge is 0.378 e. The van der Waals surface area contributed by atoms with Crippen LogP contribution in [0, 0.1) is 0 Å². The van der Waals surface area contributed by atoms with Gasteiger partial charge in [-0.15, -0.1) is 0 Å². The van der Waals surface area contributed by atoms with Crippen molar-refractivity contribution in [3.8, 4) is 0 Å². The van der Waals surface area contributed by atoms with Gasteiger partial charge in [0.15, 0.2) is 5.96 Å². The quantitative estimate of drug-likeness (QED) is 0.396. The van der Waals surface area contributed by atoms with E-state index >= 15 is 0 Å². The molecule has 2 N–H and O–H groups in total. The van der Waals surface area contributed by atoms with Crippen molar-refractivity contribution in [2.45, 2.75) is 57.7 Å². The van der Waals surface area contributed by atoms with Crippen molar-refractivity contribution in [3.63, 3.8) is 0 Å². The predicted molar refractivity (Wildman–Crippen MR) is 113 cm³/mol. The zero-order valence-electron chi connectivity index (χ0n) is 16.9. The van der Waals surface area contributed by atoms with Crippen LogP contribution in [0.5, 0.6) is 0 Å². The molecular weight excluding hydrogens is 350 g/mol. The van der Waals surface area contributed by atoms with E-state index in [0.717, 1.165) is 38.6 Å². The molecular formula is C22H33N5O. The van der Waals surface area contributed by atoms with E-state index in [1.807, 2.05) is 19.6 Å². The Morgan fingerprint density at radius 2 is 2.07 bits per heavy atom. The normalized spacial score (nSPS) is 15.5. The molecule has 1 aromatic carbocycles. The minimum absolute atomic E-state index is 0.487. The van der Waals surface area contributed by atoms with Crippen LogP contribution in [-0.4, -0.2) is 41.8 Å². The Hall–Kier alpha value is -2.34. The van der Waals surface area contributed by atoms with E-state index in [1.165, 1.54) is 43.2 Å². The molecule has 6 nitrogen and oxygen atoms in total. The molecule has 1 heterocycles. The van der Waals surface area contributed by atoms with Crippen molar-refractivity contribution in [1.29, 1.82) is 0 Å². The highest BCUT2D eigenvalue weighted by Crippen LogP contribution is 2.20. The molecule has 0 saturated heterocycles. The monoisotopic (exact) mass is 383 g/mol. The molecule has 0 spiro atoms. The van der Waals surface area contributed by atoms with Crippen LogP contribution in [0.25, 0.3) is 0 Å². The molecule has 0 unspecified atom stereocenters. The summed E-state index contributed by atoms with van der Waals surface area (Å²) in [4.78, 5) is 8.41. The molecule has 0 amide bonds. The van der Waals surface area contributed by atoms with Crippen LogP contribution in [-0.2, 0) is 17.8 Å². The molecule has 2 aromatic rings. The maximum absolute atomic E-state index is 5.98. The number of hydrogen-bond donors (Lipinski definition) is 2. The van der Waals surface area contributed by atoms with Crippen molar-refractivity contribution in [1.82, 2.24) is 20.2 Å². The average Bonchev–Trinajstić information content (AvgIpc) is 3.24. The maximum atomic E-state index is 5.98. The van der Waals surface area contributed by atoms with Gasteiger partial charge in [-0.2, -0.15) is 0 Å². The molecule has 1 saturated carbocycles. The lowest BCUT2D eigenvalue weighted by Gasteiger charge is -2.22. The van der Waals surface area contributed by atoms with Gasteiger partial charge >= 0.3 is 0 Å². The average molecular weight is 384 g/mol. The Balaban J connectivity index is 1.34. The highest BCUT2D eigenvalue weighted by Gasteiger charge is 2.12. The number of ether oxygens (including phenoxy) is 1. The molecule has 0 atom stereocenters. The van der Waals surface area contributed by atoms with Crippen LogP contribution in [0.2, 0.25) is 0 Å². The summed E-state index contributed by atoms with van der Waals surface area (Å²) in [5, 5.41) is 6.77. The highest BCUT2D eigenvalue weighted by atomic mass is 16.5. The van der Waals surface area contributed by atoms with E-state index < -0.39 is 0 Å². The van der Waals surface area contributed by atoms with Gasteiger partial charge in [0.2, 0.25) is 0 Å². The summed E-state index contributed by atoms with van der Waals surface area (Å²) in [6.07, 6.45) is 13.6. The first kappa shape index (κ1) is 20.4. The molecule has 3 rings (SSSR count). The lowest BCUT2D eigenvalue weighted by Crippen LogP contribution is -2.37. The van der Waals surface area contributed by atoms with E-state index in [9.17, 15) is 0 Å². The van der Waals surface area contributed by atoms with Crippen LogP contribution < -0.4 is 10.6 Å². The minimum Gasteiger partial charge on any atom is -0.378 e. The number of nitrogens with one attached hydrogen (secondary N) is 2. The van der Waals surface area contributed by atoms with Crippen LogP contribution in [0.3, 0.4) is 0 Å². The number of benzene rings is 1. The first-order valence-electron chi connectivity index (χ1n) is 10.4. The number of aromatic nitrogens is 2. The second kappa shape index (κ2) is 11.5. The summed E-state index contributed by atoms with van der Waals surface area (Å²) < 4.78 is 8.05. The Labute approximate surface area is 168 Å². The third-order valence-electron chi connectivity index (χ3n) is 5.12. The number of rotatable bonds is 9. The first-order chi connectivity index (χ1) is 13.8. The number of hydrogen-bond acceptors (Lipinski definition) is 3. The standard InChI is InChI=1S/C22H33N5O/c1-23-22(25-11-6-14-28-21-9-3-2-4-10-21)26-16-19-7-5-8-20(15-19)17-27-13-12-24-18-27/h5,7-8,12-13,15,18,21H,2-4,6,9-11,14,16-17H2,1H3,(H2,23,25,26). The van der Waals surface area contributed by atoms with Gasteiger partial charge < -0.3 is 19.9 Å². The van der Waals surface area contributed by atoms with E-state index in [2.05, 4.69) is 49.4 Å². The van der Waals surface area contributed by atoms with E-state index in [4.69, 9.17) is 4.74 Å². The van der Waals surface area contributed by atoms with Crippen molar-refractivity contribution in [2.75, 3.05) is 20.2 Å². The maximum Gasteiger partial charge on any atom is 0.191 e. The molecule has 1 fully saturated rings. The smallest absolute Gasteiger partial charge is 0.191 e. The minimum atomic E-state index is 0.487. The summed E-state index contributed by atoms with van der Waals surface area (Å²) >= 11 is 0. The fourth-order valence-corrected chi connectivity index (χ4v) is 3.60. The Morgan fingerprint density at radius 3 is 2.86 bits per heavy atom. The van der Waals surface area contributed by atoms with Gasteiger partial charge in [0, 0.05) is 45.7 Å². The second-order valence-electron chi connectivity index (χ2n) is 7.39. The molecule has 152 valence electrons. The second-order valence-corrected chi connectivity index (χ2v) is 7.39. The van der Waals surface area contributed by atoms with Crippen molar-refractivity contribution in [3.05, 3.63) is 54.1 Å². The fraction of sp³-hybridized carbons (Fsp3) is 0.545. The van der Waals surface area contributed by atoms with Gasteiger partial charge in [-0.05, 0) is 30.4 Å². The molecule has 0 aliphatic heterocycles. The number of nitrogens with zero attached hydrogens (tertiary/aromatic N) is 3. The highest BCUT2D eigenvalue weighted by molar-refractivity contribution is 5.79. The van der Waals surface area contributed by atoms with Crippen molar-refractivity contribution in [2.24, 2.45) is 4.99 Å². The molecule has 28 heavy (non-hydrogen) atoms. The van der Waals surface area contributed by atoms with Crippen LogP contribution >= 0.6 is 0 Å². The third-order valence-corrected chi connectivity index (χ3v) is 5.12. The zero-order valence-corrected chi connectivity index (χ0v) is 16.9. The molecule has 0 radical (unpaired) electrons. The summed E-state index contributed by atoms with van der Waals surface area (Å²) in [5.41, 5.74) is 2.50. The van der Waals surface area contributed by atoms with Gasteiger partial charge in [-0.3, -0.25) is 4.99 Å². The van der Waals surface area contributed by atoms with E-state index in [1.54, 1.807) is 6.20 Å². The van der Waals surface area contributed by atoms with Gasteiger partial charge in [-0.25, -0.2) is 4.98 Å². The van der Waals surface area contributed by atoms with Crippen molar-refractivity contribution < 1.29 is 4.74 Å². The summed E-state index contributed by atoms with van der Waals surface area (Å²) in [6.45, 7) is 3.27. The molecule has 0 bridgehead atoms. The predicted octanol–water partition coefficient (Wildman–Crippen LogP) is 3.34. The zero-order chi connectivity index (χ0) is 19.4. The Kier molecular flexibility index (Phi) is 8.37. The number of imidazole rings is 1. The number of guanidine groups is 1. The Bertz CT molecular complexity index is 707. The van der Waals surface area contributed by atoms with Crippen LogP contribution in [0.1, 0.15) is 49.7 Å². The SMILES string of the molecule is CN=C(NCCCOC1CCCCC1)NCc1cccc(Cn2ccnc2)c1. The van der Waals surface area contributed by atoms with E-state index in [0.29, 0.717) is 6.10 Å². The van der Waals surface area contributed by atoms with Gasteiger partial charge in [0.05, 0.1) is 12.4 Å². The molecule has 1 aliphatic carbocycles. The fourth-order valence-electron chi connectivity index (χ4n) is 3.60. The first-order valence-corrected chi connectivity index (χ1v) is 10.4. The van der Waals surface area contributed by atoms with E-state index in [-0.39, 0.29) is 0 Å². The molecule has 1 aromatic heterocycles. The lowest BCUT2D eigenvalue weighted by molar-refractivity contribution is 0.0277. The van der Waals surface area contributed by atoms with Gasteiger partial charge in [0.1, 0.15) is 0 Å². The summed E-state index contributed by atoms with van der Waals surface area (Å²) in [5.74, 6) is 0.831. The summed E-state index contributed by atoms with van der Waals surface area (Å²) in [6, 6.07) is 8.60.